The summed E-state index contributed by atoms with van der Waals surface area (Å²) >= 11 is 0. The third-order valence-electron chi connectivity index (χ3n) is 2.60. The zero-order valence-electron chi connectivity index (χ0n) is 8.01. The van der Waals surface area contributed by atoms with Gasteiger partial charge in [0.15, 0.2) is 0 Å². The molecule has 0 saturated carbocycles. The summed E-state index contributed by atoms with van der Waals surface area (Å²) in [6.45, 7) is 1.86. The fourth-order valence-electron chi connectivity index (χ4n) is 1.88. The van der Waals surface area contributed by atoms with E-state index in [4.69, 9.17) is 0 Å². The summed E-state index contributed by atoms with van der Waals surface area (Å²) in [6, 6.07) is 4.76. The van der Waals surface area contributed by atoms with E-state index in [1.165, 1.54) is 12.1 Å². The molecule has 1 amide bonds. The van der Waals surface area contributed by atoms with Gasteiger partial charge < -0.3 is 5.32 Å². The third kappa shape index (κ3) is 1.62. The van der Waals surface area contributed by atoms with Crippen LogP contribution in [0.1, 0.15) is 30.0 Å². The number of aryl methyl sites for hydroxylation is 1. The molecule has 1 aliphatic rings. The van der Waals surface area contributed by atoms with Gasteiger partial charge in [-0.1, -0.05) is 6.07 Å². The van der Waals surface area contributed by atoms with Crippen molar-refractivity contribution in [1.82, 2.24) is 5.32 Å². The van der Waals surface area contributed by atoms with Crippen LogP contribution in [-0.4, -0.2) is 5.91 Å². The van der Waals surface area contributed by atoms with Crippen LogP contribution in [0.15, 0.2) is 18.2 Å². The molecule has 0 spiro atoms. The van der Waals surface area contributed by atoms with Crippen LogP contribution >= 0.6 is 0 Å². The average molecular weight is 193 g/mol. The van der Waals surface area contributed by atoms with Crippen molar-refractivity contribution in [2.75, 3.05) is 0 Å². The molecular weight excluding hydrogens is 181 g/mol. The molecule has 2 rings (SSSR count). The van der Waals surface area contributed by atoms with Crippen molar-refractivity contribution < 1.29 is 9.18 Å². The first-order chi connectivity index (χ1) is 6.66. The molecule has 3 heteroatoms. The van der Waals surface area contributed by atoms with Crippen molar-refractivity contribution in [1.29, 1.82) is 0 Å². The fraction of sp³-hybridized carbons (Fsp3) is 0.364. The standard InChI is InChI=1S/C11H12FNO/c1-7-6-8(12)2-3-9(7)10-4-5-11(14)13-10/h2-3,6,10H,4-5H2,1H3,(H,13,14)/t10-/m1/s1. The Bertz CT molecular complexity index is 376. The molecule has 1 aromatic carbocycles. The lowest BCUT2D eigenvalue weighted by Crippen LogP contribution is -2.18. The van der Waals surface area contributed by atoms with Gasteiger partial charge in [-0.15, -0.1) is 0 Å². The van der Waals surface area contributed by atoms with Crippen LogP contribution < -0.4 is 5.32 Å². The van der Waals surface area contributed by atoms with Crippen molar-refractivity contribution in [3.63, 3.8) is 0 Å². The number of hydrogen-bond donors (Lipinski definition) is 1. The average Bonchev–Trinajstić information content (AvgIpc) is 2.51. The van der Waals surface area contributed by atoms with Gasteiger partial charge in [-0.05, 0) is 36.6 Å². The van der Waals surface area contributed by atoms with Crippen LogP contribution in [0.2, 0.25) is 0 Å². The van der Waals surface area contributed by atoms with Crippen molar-refractivity contribution in [3.8, 4) is 0 Å². The van der Waals surface area contributed by atoms with E-state index in [0.717, 1.165) is 17.5 Å². The van der Waals surface area contributed by atoms with E-state index in [1.54, 1.807) is 6.07 Å². The molecule has 0 aromatic heterocycles. The molecule has 0 unspecified atom stereocenters. The second kappa shape index (κ2) is 3.40. The number of carbonyl (C=O) groups is 1. The first-order valence-corrected chi connectivity index (χ1v) is 4.72. The highest BCUT2D eigenvalue weighted by Crippen LogP contribution is 2.26. The van der Waals surface area contributed by atoms with Crippen LogP contribution in [0.25, 0.3) is 0 Å². The summed E-state index contributed by atoms with van der Waals surface area (Å²) in [7, 11) is 0. The molecule has 14 heavy (non-hydrogen) atoms. The highest BCUT2D eigenvalue weighted by atomic mass is 19.1. The van der Waals surface area contributed by atoms with Crippen LogP contribution in [0.4, 0.5) is 4.39 Å². The Morgan fingerprint density at radius 1 is 1.50 bits per heavy atom. The van der Waals surface area contributed by atoms with E-state index in [-0.39, 0.29) is 17.8 Å². The number of hydrogen-bond acceptors (Lipinski definition) is 1. The van der Waals surface area contributed by atoms with Gasteiger partial charge in [0, 0.05) is 6.42 Å². The maximum Gasteiger partial charge on any atom is 0.220 e. The smallest absolute Gasteiger partial charge is 0.220 e. The molecule has 1 fully saturated rings. The Morgan fingerprint density at radius 2 is 2.29 bits per heavy atom. The van der Waals surface area contributed by atoms with E-state index in [0.29, 0.717) is 6.42 Å². The van der Waals surface area contributed by atoms with Gasteiger partial charge in [-0.2, -0.15) is 0 Å². The Labute approximate surface area is 82.1 Å². The minimum Gasteiger partial charge on any atom is -0.349 e. The van der Waals surface area contributed by atoms with Crippen molar-refractivity contribution in [3.05, 3.63) is 35.1 Å². The Hall–Kier alpha value is -1.38. The van der Waals surface area contributed by atoms with Gasteiger partial charge in [-0.3, -0.25) is 4.79 Å². The predicted octanol–water partition coefficient (Wildman–Crippen LogP) is 2.09. The number of carbonyl (C=O) groups excluding carboxylic acids is 1. The Kier molecular flexibility index (Phi) is 2.23. The summed E-state index contributed by atoms with van der Waals surface area (Å²) in [5.74, 6) is -0.144. The number of halogens is 1. The molecule has 1 N–H and O–H groups in total. The van der Waals surface area contributed by atoms with Gasteiger partial charge >= 0.3 is 0 Å². The first kappa shape index (κ1) is 9.19. The van der Waals surface area contributed by atoms with Crippen LogP contribution in [0, 0.1) is 12.7 Å². The summed E-state index contributed by atoms with van der Waals surface area (Å²) < 4.78 is 12.8. The molecule has 1 aromatic rings. The number of nitrogens with one attached hydrogen (secondary N) is 1. The lowest BCUT2D eigenvalue weighted by molar-refractivity contribution is -0.119. The second-order valence-corrected chi connectivity index (χ2v) is 3.66. The van der Waals surface area contributed by atoms with E-state index < -0.39 is 0 Å². The monoisotopic (exact) mass is 193 g/mol. The summed E-state index contributed by atoms with van der Waals surface area (Å²) in [5.41, 5.74) is 1.93. The fourth-order valence-corrected chi connectivity index (χ4v) is 1.88. The van der Waals surface area contributed by atoms with Crippen molar-refractivity contribution in [2.45, 2.75) is 25.8 Å². The van der Waals surface area contributed by atoms with Gasteiger partial charge in [-0.25, -0.2) is 4.39 Å². The molecule has 2 nitrogen and oxygen atoms in total. The molecule has 1 heterocycles. The predicted molar refractivity (Wildman–Crippen MR) is 51.3 cm³/mol. The minimum absolute atomic E-state index is 0.0723. The zero-order chi connectivity index (χ0) is 10.1. The normalized spacial score (nSPS) is 21.0. The Balaban J connectivity index is 2.28. The van der Waals surface area contributed by atoms with Crippen LogP contribution in [-0.2, 0) is 4.79 Å². The highest BCUT2D eigenvalue weighted by molar-refractivity contribution is 5.78. The third-order valence-corrected chi connectivity index (χ3v) is 2.60. The van der Waals surface area contributed by atoms with Crippen molar-refractivity contribution >= 4 is 5.91 Å². The van der Waals surface area contributed by atoms with Crippen LogP contribution in [0.5, 0.6) is 0 Å². The summed E-state index contributed by atoms with van der Waals surface area (Å²) in [5, 5.41) is 2.87. The molecule has 1 aliphatic heterocycles. The topological polar surface area (TPSA) is 29.1 Å². The number of amides is 1. The molecule has 1 saturated heterocycles. The largest absolute Gasteiger partial charge is 0.349 e. The molecule has 0 radical (unpaired) electrons. The summed E-state index contributed by atoms with van der Waals surface area (Å²) in [6.07, 6.45) is 1.38. The van der Waals surface area contributed by atoms with E-state index in [1.807, 2.05) is 6.92 Å². The van der Waals surface area contributed by atoms with Gasteiger partial charge in [0.05, 0.1) is 6.04 Å². The second-order valence-electron chi connectivity index (χ2n) is 3.66. The molecule has 1 atom stereocenters. The van der Waals surface area contributed by atoms with E-state index >= 15 is 0 Å². The van der Waals surface area contributed by atoms with E-state index in [9.17, 15) is 9.18 Å². The number of rotatable bonds is 1. The van der Waals surface area contributed by atoms with Crippen LogP contribution in [0.3, 0.4) is 0 Å². The lowest BCUT2D eigenvalue weighted by Gasteiger charge is -2.13. The van der Waals surface area contributed by atoms with E-state index in [2.05, 4.69) is 5.32 Å². The molecule has 0 aliphatic carbocycles. The van der Waals surface area contributed by atoms with Gasteiger partial charge in [0.2, 0.25) is 5.91 Å². The maximum absolute atomic E-state index is 12.8. The zero-order valence-corrected chi connectivity index (χ0v) is 8.01. The highest BCUT2D eigenvalue weighted by Gasteiger charge is 2.23. The lowest BCUT2D eigenvalue weighted by atomic mass is 10.0. The summed E-state index contributed by atoms with van der Waals surface area (Å²) in [4.78, 5) is 11.0. The molecular formula is C11H12FNO. The van der Waals surface area contributed by atoms with Gasteiger partial charge in [0.1, 0.15) is 5.82 Å². The number of benzene rings is 1. The molecule has 0 bridgehead atoms. The van der Waals surface area contributed by atoms with Crippen molar-refractivity contribution in [2.24, 2.45) is 0 Å². The Morgan fingerprint density at radius 3 is 2.86 bits per heavy atom. The first-order valence-electron chi connectivity index (χ1n) is 4.72. The quantitative estimate of drug-likeness (QED) is 0.727. The minimum atomic E-state index is -0.226. The van der Waals surface area contributed by atoms with Gasteiger partial charge in [0.25, 0.3) is 0 Å². The SMILES string of the molecule is Cc1cc(F)ccc1[C@H]1CCC(=O)N1. The maximum atomic E-state index is 12.8. The molecule has 74 valence electrons.